The summed E-state index contributed by atoms with van der Waals surface area (Å²) in [5, 5.41) is 17.6. The van der Waals surface area contributed by atoms with Gasteiger partial charge in [-0.2, -0.15) is 0 Å². The molecule has 3 atom stereocenters. The maximum atomic E-state index is 14.0. The Bertz CT molecular complexity index is 1320. The van der Waals surface area contributed by atoms with E-state index in [1.54, 1.807) is 20.8 Å². The van der Waals surface area contributed by atoms with Crippen LogP contribution in [0.15, 0.2) is 66.7 Å². The highest BCUT2D eigenvalue weighted by Gasteiger charge is 2.38. The molecule has 3 N–H and O–H groups in total. The van der Waals surface area contributed by atoms with E-state index in [0.29, 0.717) is 17.7 Å². The number of hydrogen-bond acceptors (Lipinski definition) is 5. The summed E-state index contributed by atoms with van der Waals surface area (Å²) in [7, 11) is 0. The van der Waals surface area contributed by atoms with Crippen LogP contribution in [0.5, 0.6) is 0 Å². The lowest BCUT2D eigenvalue weighted by atomic mass is 9.98. The van der Waals surface area contributed by atoms with Crippen molar-refractivity contribution in [3.8, 4) is 0 Å². The molecule has 0 heterocycles. The minimum atomic E-state index is -1.30. The van der Waals surface area contributed by atoms with Crippen molar-refractivity contribution in [3.63, 3.8) is 0 Å². The normalized spacial score (nSPS) is 13.7. The molecule has 0 aromatic heterocycles. The molecule has 0 radical (unpaired) electrons. The second-order valence-corrected chi connectivity index (χ2v) is 10.9. The quantitative estimate of drug-likeness (QED) is 0.307. The molecule has 3 aromatic rings. The maximum Gasteiger partial charge on any atom is 0.408 e. The van der Waals surface area contributed by atoms with Gasteiger partial charge in [0.05, 0.1) is 6.61 Å². The van der Waals surface area contributed by atoms with Crippen LogP contribution in [0.1, 0.15) is 65.1 Å². The number of aryl methyl sites for hydroxylation is 1. The van der Waals surface area contributed by atoms with E-state index in [0.717, 1.165) is 22.8 Å². The summed E-state index contributed by atoms with van der Waals surface area (Å²) in [5.74, 6) is -0.983. The van der Waals surface area contributed by atoms with Crippen LogP contribution >= 0.6 is 0 Å². The number of nitrogens with one attached hydrogen (secondary N) is 2. The molecule has 3 amide bonds. The Kier molecular flexibility index (Phi) is 10.3. The summed E-state index contributed by atoms with van der Waals surface area (Å²) in [6.45, 7) is 10.3. The van der Waals surface area contributed by atoms with Crippen molar-refractivity contribution in [1.29, 1.82) is 0 Å². The lowest BCUT2D eigenvalue weighted by Gasteiger charge is -2.38. The molecule has 0 bridgehead atoms. The van der Waals surface area contributed by atoms with Crippen LogP contribution in [0.2, 0.25) is 0 Å². The number of benzene rings is 3. The van der Waals surface area contributed by atoms with Crippen LogP contribution in [-0.2, 0) is 20.7 Å². The largest absolute Gasteiger partial charge is 0.444 e. The molecule has 0 aliphatic rings. The van der Waals surface area contributed by atoms with Crippen molar-refractivity contribution < 1.29 is 24.2 Å². The Balaban J connectivity index is 2.01. The fraction of sp³-hybridized carbons (Fsp3) is 0.406. The number of carbonyl (C=O) groups is 3. The zero-order valence-corrected chi connectivity index (χ0v) is 24.2. The van der Waals surface area contributed by atoms with E-state index in [1.165, 1.54) is 4.90 Å². The van der Waals surface area contributed by atoms with Gasteiger partial charge >= 0.3 is 6.09 Å². The summed E-state index contributed by atoms with van der Waals surface area (Å²) in [6, 6.07) is 18.4. The number of ether oxygens (including phenoxy) is 1. The third-order valence-corrected chi connectivity index (χ3v) is 6.74. The number of aliphatic hydroxyl groups is 1. The molecule has 8 nitrogen and oxygen atoms in total. The zero-order chi connectivity index (χ0) is 29.4. The van der Waals surface area contributed by atoms with Gasteiger partial charge < -0.3 is 25.4 Å². The summed E-state index contributed by atoms with van der Waals surface area (Å²) in [5.41, 5.74) is 1.53. The topological polar surface area (TPSA) is 108 Å². The lowest BCUT2D eigenvalue weighted by molar-refractivity contribution is -0.144. The molecular weight excluding hydrogens is 506 g/mol. The van der Waals surface area contributed by atoms with E-state index in [2.05, 4.69) is 10.6 Å². The van der Waals surface area contributed by atoms with Crippen molar-refractivity contribution in [1.82, 2.24) is 10.2 Å². The third kappa shape index (κ3) is 7.82. The van der Waals surface area contributed by atoms with Crippen molar-refractivity contribution in [2.24, 2.45) is 0 Å². The minimum absolute atomic E-state index is 0.389. The van der Waals surface area contributed by atoms with E-state index >= 15 is 0 Å². The van der Waals surface area contributed by atoms with Gasteiger partial charge in [0.2, 0.25) is 5.91 Å². The van der Waals surface area contributed by atoms with Gasteiger partial charge in [-0.15, -0.1) is 0 Å². The number of nitrogens with zero attached hydrogens (tertiary/aromatic N) is 1. The van der Waals surface area contributed by atoms with Gasteiger partial charge in [0.1, 0.15) is 17.7 Å². The monoisotopic (exact) mass is 547 g/mol. The average molecular weight is 548 g/mol. The van der Waals surface area contributed by atoms with Gasteiger partial charge in [-0.05, 0) is 74.6 Å². The summed E-state index contributed by atoms with van der Waals surface area (Å²) in [4.78, 5) is 41.9. The third-order valence-electron chi connectivity index (χ3n) is 6.74. The molecule has 214 valence electrons. The number of rotatable bonds is 10. The Morgan fingerprint density at radius 3 is 2.17 bits per heavy atom. The van der Waals surface area contributed by atoms with Crippen LogP contribution < -0.4 is 10.6 Å². The van der Waals surface area contributed by atoms with Crippen LogP contribution in [0.4, 0.5) is 10.5 Å². The molecule has 3 unspecified atom stereocenters. The second-order valence-electron chi connectivity index (χ2n) is 10.9. The zero-order valence-electron chi connectivity index (χ0n) is 24.2. The summed E-state index contributed by atoms with van der Waals surface area (Å²) < 4.78 is 5.31. The fourth-order valence-electron chi connectivity index (χ4n) is 4.46. The first-order chi connectivity index (χ1) is 19.0. The molecule has 0 saturated heterocycles. The molecule has 3 rings (SSSR count). The summed E-state index contributed by atoms with van der Waals surface area (Å²) in [6.07, 6.45) is 0.547. The number of fused-ring (bicyclic) bond motifs is 1. The molecule has 3 aromatic carbocycles. The first-order valence-electron chi connectivity index (χ1n) is 13.8. The van der Waals surface area contributed by atoms with E-state index in [-0.39, 0.29) is 6.04 Å². The number of amides is 3. The van der Waals surface area contributed by atoms with Crippen LogP contribution in [0.3, 0.4) is 0 Å². The van der Waals surface area contributed by atoms with Gasteiger partial charge in [0.15, 0.2) is 0 Å². The molecule has 0 spiro atoms. The molecule has 0 saturated carbocycles. The van der Waals surface area contributed by atoms with Crippen molar-refractivity contribution in [3.05, 3.63) is 77.9 Å². The number of carbonyl (C=O) groups excluding carboxylic acids is 3. The highest BCUT2D eigenvalue weighted by Crippen LogP contribution is 2.29. The molecule has 0 aliphatic heterocycles. The Morgan fingerprint density at radius 1 is 0.950 bits per heavy atom. The minimum Gasteiger partial charge on any atom is -0.444 e. The second kappa shape index (κ2) is 13.4. The van der Waals surface area contributed by atoms with Crippen LogP contribution in [0.25, 0.3) is 10.8 Å². The van der Waals surface area contributed by atoms with Crippen LogP contribution in [0, 0.1) is 0 Å². The molecule has 8 heteroatoms. The van der Waals surface area contributed by atoms with Crippen molar-refractivity contribution in [2.75, 3.05) is 11.9 Å². The Labute approximate surface area is 236 Å². The lowest BCUT2D eigenvalue weighted by Crippen LogP contribution is -2.56. The van der Waals surface area contributed by atoms with Crippen LogP contribution in [-0.4, -0.2) is 52.2 Å². The van der Waals surface area contributed by atoms with E-state index < -0.39 is 42.2 Å². The summed E-state index contributed by atoms with van der Waals surface area (Å²) >= 11 is 0. The highest BCUT2D eigenvalue weighted by molar-refractivity contribution is 6.00. The molecule has 0 fully saturated rings. The number of alkyl carbamates (subject to hydrolysis) is 1. The molecule has 0 aliphatic carbocycles. The number of hydrogen-bond donors (Lipinski definition) is 3. The van der Waals surface area contributed by atoms with E-state index in [9.17, 15) is 19.5 Å². The first-order valence-corrected chi connectivity index (χ1v) is 13.8. The number of aliphatic hydroxyl groups excluding tert-OH is 1. The number of anilines is 1. The smallest absolute Gasteiger partial charge is 0.408 e. The Morgan fingerprint density at radius 2 is 1.60 bits per heavy atom. The van der Waals surface area contributed by atoms with E-state index in [4.69, 9.17) is 4.74 Å². The standard InChI is InChI=1S/C32H41N3O5/c1-7-21(3)35(30(38)27(20-36)34-31(39)40-32(4,5)6)28(24-15-13-22(8-2)14-16-24)29(37)33-26-18-17-23-11-9-10-12-25(23)19-26/h9-19,21,27-28,36H,7-8,20H2,1-6H3,(H,33,37)(H,34,39). The van der Waals surface area contributed by atoms with Gasteiger partial charge in [-0.25, -0.2) is 4.79 Å². The van der Waals surface area contributed by atoms with Crippen molar-refractivity contribution in [2.45, 2.75) is 78.1 Å². The molecular formula is C32H41N3O5. The highest BCUT2D eigenvalue weighted by atomic mass is 16.6. The van der Waals surface area contributed by atoms with Gasteiger partial charge in [0, 0.05) is 11.7 Å². The first kappa shape index (κ1) is 30.6. The Hall–Kier alpha value is -3.91. The average Bonchev–Trinajstić information content (AvgIpc) is 2.92. The maximum absolute atomic E-state index is 14.0. The molecule has 40 heavy (non-hydrogen) atoms. The predicted octanol–water partition coefficient (Wildman–Crippen LogP) is 5.59. The van der Waals surface area contributed by atoms with Gasteiger partial charge in [-0.1, -0.05) is 68.4 Å². The fourth-order valence-corrected chi connectivity index (χ4v) is 4.46. The van der Waals surface area contributed by atoms with Gasteiger partial charge in [-0.3, -0.25) is 9.59 Å². The van der Waals surface area contributed by atoms with Crippen molar-refractivity contribution >= 4 is 34.4 Å². The predicted molar refractivity (Wildman–Crippen MR) is 158 cm³/mol. The van der Waals surface area contributed by atoms with Gasteiger partial charge in [0.25, 0.3) is 5.91 Å². The SMILES string of the molecule is CCc1ccc(C(C(=O)Nc2ccc3ccccc3c2)N(C(=O)C(CO)NC(=O)OC(C)(C)C)C(C)CC)cc1. The van der Waals surface area contributed by atoms with E-state index in [1.807, 2.05) is 87.5 Å².